The van der Waals surface area contributed by atoms with Crippen LogP contribution < -0.4 is 10.2 Å². The third-order valence-electron chi connectivity index (χ3n) is 6.38. The predicted molar refractivity (Wildman–Crippen MR) is 102 cm³/mol. The fraction of sp³-hybridized carbons (Fsp3) is 0.667. The van der Waals surface area contributed by atoms with Gasteiger partial charge in [0.1, 0.15) is 0 Å². The van der Waals surface area contributed by atoms with Crippen molar-refractivity contribution in [1.29, 1.82) is 0 Å². The molecule has 1 amide bonds. The molecule has 1 aromatic carbocycles. The van der Waals surface area contributed by atoms with E-state index < -0.39 is 0 Å². The quantitative estimate of drug-likeness (QED) is 0.864. The monoisotopic (exact) mass is 341 g/mol. The maximum atomic E-state index is 12.8. The smallest absolute Gasteiger partial charge is 0.230 e. The molecule has 4 heteroatoms. The first-order valence-corrected chi connectivity index (χ1v) is 9.89. The molecule has 2 aliphatic carbocycles. The Morgan fingerprint density at radius 1 is 1.12 bits per heavy atom. The van der Waals surface area contributed by atoms with Gasteiger partial charge in [-0.2, -0.15) is 0 Å². The molecule has 0 atom stereocenters. The predicted octanol–water partition coefficient (Wildman–Crippen LogP) is 2.77. The minimum absolute atomic E-state index is 0.245. The van der Waals surface area contributed by atoms with Crippen molar-refractivity contribution in [2.75, 3.05) is 38.6 Å². The van der Waals surface area contributed by atoms with E-state index >= 15 is 0 Å². The molecule has 3 fully saturated rings. The minimum atomic E-state index is -0.250. The van der Waals surface area contributed by atoms with Crippen molar-refractivity contribution in [2.45, 2.75) is 50.0 Å². The topological polar surface area (TPSA) is 35.6 Å². The molecular formula is C21H31N3O. The van der Waals surface area contributed by atoms with E-state index in [1.165, 1.54) is 50.0 Å². The number of nitrogens with one attached hydrogen (secondary N) is 1. The highest BCUT2D eigenvalue weighted by molar-refractivity contribution is 5.91. The molecule has 0 aromatic heterocycles. The Hall–Kier alpha value is -1.55. The number of hydrogen-bond donors (Lipinski definition) is 1. The van der Waals surface area contributed by atoms with Crippen molar-refractivity contribution in [3.63, 3.8) is 0 Å². The van der Waals surface area contributed by atoms with Crippen LogP contribution in [-0.4, -0.2) is 50.6 Å². The lowest BCUT2D eigenvalue weighted by atomic mass is 9.93. The summed E-state index contributed by atoms with van der Waals surface area (Å²) in [6.45, 7) is 3.31. The standard InChI is InChI=1S/C21H31N3O/c1-23(2)18-5-3-17(4-6-18)21(11-12-21)20(25)22-15-16-9-13-24(14-10-16)19-7-8-19/h3-6,16,19H,7-15H2,1-2H3,(H,22,25). The van der Waals surface area contributed by atoms with E-state index in [9.17, 15) is 4.79 Å². The Bertz CT molecular complexity index is 609. The third kappa shape index (κ3) is 3.55. The molecule has 0 spiro atoms. The summed E-state index contributed by atoms with van der Waals surface area (Å²) in [7, 11) is 4.09. The van der Waals surface area contributed by atoms with E-state index in [-0.39, 0.29) is 11.3 Å². The second-order valence-electron chi connectivity index (χ2n) is 8.44. The van der Waals surface area contributed by atoms with Crippen LogP contribution in [0.2, 0.25) is 0 Å². The van der Waals surface area contributed by atoms with Gasteiger partial charge in [0.25, 0.3) is 0 Å². The van der Waals surface area contributed by atoms with Crippen LogP contribution in [0.15, 0.2) is 24.3 Å². The minimum Gasteiger partial charge on any atom is -0.378 e. The number of hydrogen-bond acceptors (Lipinski definition) is 3. The molecule has 1 saturated heterocycles. The van der Waals surface area contributed by atoms with Gasteiger partial charge in [-0.25, -0.2) is 0 Å². The number of likely N-dealkylation sites (tertiary alicyclic amines) is 1. The summed E-state index contributed by atoms with van der Waals surface area (Å²) in [5.41, 5.74) is 2.11. The molecule has 2 saturated carbocycles. The lowest BCUT2D eigenvalue weighted by Crippen LogP contribution is -2.42. The molecule has 4 nitrogen and oxygen atoms in total. The molecule has 136 valence electrons. The lowest BCUT2D eigenvalue weighted by molar-refractivity contribution is -0.123. The van der Waals surface area contributed by atoms with Crippen molar-refractivity contribution in [3.8, 4) is 0 Å². The molecular weight excluding hydrogens is 310 g/mol. The Balaban J connectivity index is 1.30. The number of benzene rings is 1. The molecule has 0 bridgehead atoms. The van der Waals surface area contributed by atoms with Gasteiger partial charge in [-0.05, 0) is 75.2 Å². The van der Waals surface area contributed by atoms with Gasteiger partial charge in [-0.15, -0.1) is 0 Å². The summed E-state index contributed by atoms with van der Waals surface area (Å²) in [4.78, 5) is 17.6. The SMILES string of the molecule is CN(C)c1ccc(C2(C(=O)NCC3CCN(C4CC4)CC3)CC2)cc1. The Labute approximate surface area is 151 Å². The van der Waals surface area contributed by atoms with Crippen molar-refractivity contribution >= 4 is 11.6 Å². The molecule has 1 aromatic rings. The number of rotatable bonds is 6. The highest BCUT2D eigenvalue weighted by Crippen LogP contribution is 2.48. The molecule has 1 aliphatic heterocycles. The molecule has 4 rings (SSSR count). The molecule has 1 heterocycles. The van der Waals surface area contributed by atoms with Crippen molar-refractivity contribution in [2.24, 2.45) is 5.92 Å². The number of carbonyl (C=O) groups is 1. The number of anilines is 1. The summed E-state index contributed by atoms with van der Waals surface area (Å²) < 4.78 is 0. The van der Waals surface area contributed by atoms with Crippen molar-refractivity contribution in [1.82, 2.24) is 10.2 Å². The van der Waals surface area contributed by atoms with Gasteiger partial charge in [-0.1, -0.05) is 12.1 Å². The van der Waals surface area contributed by atoms with Crippen LogP contribution in [-0.2, 0) is 10.2 Å². The molecule has 3 aliphatic rings. The molecule has 0 radical (unpaired) electrons. The van der Waals surface area contributed by atoms with Crippen LogP contribution in [0, 0.1) is 5.92 Å². The van der Waals surface area contributed by atoms with Gasteiger partial charge in [0.05, 0.1) is 5.41 Å². The van der Waals surface area contributed by atoms with E-state index in [2.05, 4.69) is 39.4 Å². The van der Waals surface area contributed by atoms with E-state index in [1.54, 1.807) is 0 Å². The van der Waals surface area contributed by atoms with Gasteiger partial charge >= 0.3 is 0 Å². The average Bonchev–Trinajstić information content (AvgIpc) is 3.53. The zero-order valence-electron chi connectivity index (χ0n) is 15.6. The Morgan fingerprint density at radius 2 is 1.76 bits per heavy atom. The summed E-state index contributed by atoms with van der Waals surface area (Å²) >= 11 is 0. The molecule has 25 heavy (non-hydrogen) atoms. The van der Waals surface area contributed by atoms with Crippen LogP contribution >= 0.6 is 0 Å². The lowest BCUT2D eigenvalue weighted by Gasteiger charge is -2.32. The maximum absolute atomic E-state index is 12.8. The Morgan fingerprint density at radius 3 is 2.28 bits per heavy atom. The van der Waals surface area contributed by atoms with Crippen LogP contribution in [0.5, 0.6) is 0 Å². The number of piperidine rings is 1. The van der Waals surface area contributed by atoms with Gasteiger partial charge in [0.2, 0.25) is 5.91 Å². The van der Waals surface area contributed by atoms with Gasteiger partial charge in [-0.3, -0.25) is 4.79 Å². The van der Waals surface area contributed by atoms with Crippen LogP contribution in [0.25, 0.3) is 0 Å². The zero-order valence-corrected chi connectivity index (χ0v) is 15.6. The highest BCUT2D eigenvalue weighted by Gasteiger charge is 2.51. The maximum Gasteiger partial charge on any atom is 0.230 e. The largest absolute Gasteiger partial charge is 0.378 e. The van der Waals surface area contributed by atoms with Gasteiger partial charge < -0.3 is 15.1 Å². The molecule has 1 N–H and O–H groups in total. The third-order valence-corrected chi connectivity index (χ3v) is 6.38. The van der Waals surface area contributed by atoms with Crippen molar-refractivity contribution < 1.29 is 4.79 Å². The number of carbonyl (C=O) groups excluding carboxylic acids is 1. The van der Waals surface area contributed by atoms with Crippen molar-refractivity contribution in [3.05, 3.63) is 29.8 Å². The normalized spacial score (nSPS) is 23.3. The fourth-order valence-corrected chi connectivity index (χ4v) is 4.22. The van der Waals surface area contributed by atoms with E-state index in [4.69, 9.17) is 0 Å². The second kappa shape index (κ2) is 6.64. The van der Waals surface area contributed by atoms with Crippen LogP contribution in [0.4, 0.5) is 5.69 Å². The first-order valence-electron chi connectivity index (χ1n) is 9.89. The van der Waals surface area contributed by atoms with Gasteiger partial charge in [0.15, 0.2) is 0 Å². The summed E-state index contributed by atoms with van der Waals surface area (Å²) in [5, 5.41) is 3.28. The summed E-state index contributed by atoms with van der Waals surface area (Å²) in [5.74, 6) is 0.903. The number of nitrogens with zero attached hydrogens (tertiary/aromatic N) is 2. The first kappa shape index (κ1) is 16.9. The van der Waals surface area contributed by atoms with Crippen LogP contribution in [0.3, 0.4) is 0 Å². The van der Waals surface area contributed by atoms with Crippen LogP contribution in [0.1, 0.15) is 44.1 Å². The average molecular weight is 341 g/mol. The summed E-state index contributed by atoms with van der Waals surface area (Å²) in [6.07, 6.45) is 7.25. The highest BCUT2D eigenvalue weighted by atomic mass is 16.2. The van der Waals surface area contributed by atoms with E-state index in [0.29, 0.717) is 5.92 Å². The zero-order chi connectivity index (χ0) is 17.4. The van der Waals surface area contributed by atoms with E-state index in [0.717, 1.165) is 25.4 Å². The number of amides is 1. The van der Waals surface area contributed by atoms with Gasteiger partial charge in [0, 0.05) is 32.4 Å². The molecule has 0 unspecified atom stereocenters. The second-order valence-corrected chi connectivity index (χ2v) is 8.44. The first-order chi connectivity index (χ1) is 12.1. The fourth-order valence-electron chi connectivity index (χ4n) is 4.22. The Kier molecular flexibility index (Phi) is 4.48. The summed E-state index contributed by atoms with van der Waals surface area (Å²) in [6, 6.07) is 9.40. The van der Waals surface area contributed by atoms with E-state index in [1.807, 2.05) is 14.1 Å².